The molecule has 0 aliphatic carbocycles. The summed E-state index contributed by atoms with van der Waals surface area (Å²) in [5.74, 6) is 0.100. The predicted octanol–water partition coefficient (Wildman–Crippen LogP) is 1.03. The fraction of sp³-hybridized carbons (Fsp3) is 0.583. The van der Waals surface area contributed by atoms with Gasteiger partial charge in [-0.1, -0.05) is 6.92 Å². The molecule has 1 heterocycles. The second kappa shape index (κ2) is 6.04. The van der Waals surface area contributed by atoms with Crippen LogP contribution in [0.15, 0.2) is 23.1 Å². The van der Waals surface area contributed by atoms with Gasteiger partial charge in [-0.25, -0.2) is 8.42 Å². The molecule has 18 heavy (non-hydrogen) atoms. The maximum atomic E-state index is 11.8. The molecule has 1 aromatic rings. The van der Waals surface area contributed by atoms with E-state index in [4.69, 9.17) is 5.73 Å². The van der Waals surface area contributed by atoms with E-state index in [0.29, 0.717) is 25.1 Å². The Hall–Kier alpha value is -1.30. The first-order valence-electron chi connectivity index (χ1n) is 6.04. The third-order valence-corrected chi connectivity index (χ3v) is 5.44. The molecule has 1 aromatic heterocycles. The van der Waals surface area contributed by atoms with Crippen molar-refractivity contribution in [3.8, 4) is 0 Å². The summed E-state index contributed by atoms with van der Waals surface area (Å²) < 4.78 is 25.0. The van der Waals surface area contributed by atoms with E-state index in [-0.39, 0.29) is 16.6 Å². The Morgan fingerprint density at radius 1 is 1.39 bits per heavy atom. The Bertz CT molecular complexity index is 549. The zero-order valence-electron chi connectivity index (χ0n) is 10.8. The smallest absolute Gasteiger partial charge is 0.250 e. The molecule has 1 unspecified atom stereocenters. The number of anilines is 1. The number of sulfone groups is 1. The number of hydrogen-bond acceptors (Lipinski definition) is 4. The lowest BCUT2D eigenvalue weighted by Crippen LogP contribution is -2.24. The molecule has 0 radical (unpaired) electrons. The number of rotatable bonds is 6. The molecule has 2 N–H and O–H groups in total. The summed E-state index contributed by atoms with van der Waals surface area (Å²) in [4.78, 5) is 11.5. The van der Waals surface area contributed by atoms with Crippen molar-refractivity contribution in [2.45, 2.75) is 38.5 Å². The van der Waals surface area contributed by atoms with Crippen molar-refractivity contribution in [3.63, 3.8) is 0 Å². The third kappa shape index (κ3) is 3.87. The van der Waals surface area contributed by atoms with Crippen LogP contribution in [0.1, 0.15) is 26.7 Å². The van der Waals surface area contributed by atoms with Gasteiger partial charge in [0.2, 0.25) is 0 Å². The standard InChI is InChI=1S/C12H20N2O3S/c1-3-10(2)18(16,17)8-4-7-14-9-11(13)5-6-12(14)15/h5-6,9-10H,3-4,7-8,13H2,1-2H3. The van der Waals surface area contributed by atoms with Gasteiger partial charge in [-0.3, -0.25) is 4.79 Å². The molecule has 0 saturated heterocycles. The molecule has 0 amide bonds. The van der Waals surface area contributed by atoms with Gasteiger partial charge in [0.1, 0.15) is 0 Å². The van der Waals surface area contributed by atoms with E-state index in [1.165, 1.54) is 22.9 Å². The largest absolute Gasteiger partial charge is 0.398 e. The first-order chi connectivity index (χ1) is 8.36. The van der Waals surface area contributed by atoms with Gasteiger partial charge in [-0.2, -0.15) is 0 Å². The van der Waals surface area contributed by atoms with Crippen molar-refractivity contribution >= 4 is 15.5 Å². The molecule has 0 aliphatic rings. The highest BCUT2D eigenvalue weighted by molar-refractivity contribution is 7.91. The number of nitrogen functional groups attached to an aromatic ring is 1. The topological polar surface area (TPSA) is 82.2 Å². The number of aryl methyl sites for hydroxylation is 1. The highest BCUT2D eigenvalue weighted by Gasteiger charge is 2.18. The number of pyridine rings is 1. The van der Waals surface area contributed by atoms with Crippen molar-refractivity contribution in [1.82, 2.24) is 4.57 Å². The summed E-state index contributed by atoms with van der Waals surface area (Å²) in [5.41, 5.74) is 5.91. The highest BCUT2D eigenvalue weighted by Crippen LogP contribution is 2.08. The summed E-state index contributed by atoms with van der Waals surface area (Å²) in [5, 5.41) is -0.324. The van der Waals surface area contributed by atoms with Crippen LogP contribution in [0.3, 0.4) is 0 Å². The quantitative estimate of drug-likeness (QED) is 0.838. The van der Waals surface area contributed by atoms with Crippen molar-refractivity contribution < 1.29 is 8.42 Å². The van der Waals surface area contributed by atoms with Crippen molar-refractivity contribution in [2.75, 3.05) is 11.5 Å². The Labute approximate surface area is 108 Å². The van der Waals surface area contributed by atoms with Crippen molar-refractivity contribution in [1.29, 1.82) is 0 Å². The minimum atomic E-state index is -3.05. The van der Waals surface area contributed by atoms with Crippen LogP contribution in [0, 0.1) is 0 Å². The molecule has 0 fully saturated rings. The van der Waals surface area contributed by atoms with Crippen LogP contribution in [0.2, 0.25) is 0 Å². The predicted molar refractivity (Wildman–Crippen MR) is 73.3 cm³/mol. The number of aromatic nitrogens is 1. The van der Waals surface area contributed by atoms with E-state index in [2.05, 4.69) is 0 Å². The van der Waals surface area contributed by atoms with Crippen LogP contribution in [-0.2, 0) is 16.4 Å². The van der Waals surface area contributed by atoms with Gasteiger partial charge in [0.15, 0.2) is 9.84 Å². The SMILES string of the molecule is CCC(C)S(=O)(=O)CCCn1cc(N)ccc1=O. The zero-order chi connectivity index (χ0) is 13.8. The molecule has 5 nitrogen and oxygen atoms in total. The van der Waals surface area contributed by atoms with Crippen LogP contribution < -0.4 is 11.3 Å². The lowest BCUT2D eigenvalue weighted by molar-refractivity contribution is 0.570. The minimum Gasteiger partial charge on any atom is -0.398 e. The van der Waals surface area contributed by atoms with Crippen LogP contribution in [-0.4, -0.2) is 24.0 Å². The Balaban J connectivity index is 2.62. The van der Waals surface area contributed by atoms with E-state index in [0.717, 1.165) is 0 Å². The summed E-state index contributed by atoms with van der Waals surface area (Å²) in [6.07, 6.45) is 2.58. The van der Waals surface area contributed by atoms with E-state index >= 15 is 0 Å². The Morgan fingerprint density at radius 2 is 2.06 bits per heavy atom. The first kappa shape index (κ1) is 14.8. The van der Waals surface area contributed by atoms with Crippen LogP contribution >= 0.6 is 0 Å². The lowest BCUT2D eigenvalue weighted by atomic mass is 10.4. The molecule has 1 rings (SSSR count). The fourth-order valence-corrected chi connectivity index (χ4v) is 3.06. The van der Waals surface area contributed by atoms with E-state index in [1.807, 2.05) is 6.92 Å². The van der Waals surface area contributed by atoms with Gasteiger partial charge < -0.3 is 10.3 Å². The Kier molecular flexibility index (Phi) is 4.95. The number of nitrogens with two attached hydrogens (primary N) is 1. The molecular weight excluding hydrogens is 252 g/mol. The second-order valence-electron chi connectivity index (χ2n) is 4.43. The van der Waals surface area contributed by atoms with Crippen LogP contribution in [0.4, 0.5) is 5.69 Å². The Morgan fingerprint density at radius 3 is 2.67 bits per heavy atom. The van der Waals surface area contributed by atoms with Gasteiger partial charge in [-0.05, 0) is 25.8 Å². The average Bonchev–Trinajstić information content (AvgIpc) is 2.32. The molecular formula is C12H20N2O3S. The molecule has 0 aliphatic heterocycles. The van der Waals surface area contributed by atoms with E-state index < -0.39 is 9.84 Å². The zero-order valence-corrected chi connectivity index (χ0v) is 11.6. The normalized spacial score (nSPS) is 13.4. The first-order valence-corrected chi connectivity index (χ1v) is 7.76. The molecule has 0 saturated carbocycles. The molecule has 0 bridgehead atoms. The van der Waals surface area contributed by atoms with Gasteiger partial charge >= 0.3 is 0 Å². The maximum Gasteiger partial charge on any atom is 0.250 e. The maximum absolute atomic E-state index is 11.8. The van der Waals surface area contributed by atoms with Gasteiger partial charge in [0.05, 0.1) is 11.0 Å². The van der Waals surface area contributed by atoms with Crippen molar-refractivity contribution in [3.05, 3.63) is 28.7 Å². The summed E-state index contributed by atoms with van der Waals surface area (Å²) in [6, 6.07) is 2.92. The van der Waals surface area contributed by atoms with E-state index in [9.17, 15) is 13.2 Å². The van der Waals surface area contributed by atoms with Crippen LogP contribution in [0.25, 0.3) is 0 Å². The second-order valence-corrected chi connectivity index (χ2v) is 6.97. The van der Waals surface area contributed by atoms with Gasteiger partial charge in [-0.15, -0.1) is 0 Å². The summed E-state index contributed by atoms with van der Waals surface area (Å²) >= 11 is 0. The molecule has 102 valence electrons. The summed E-state index contributed by atoms with van der Waals surface area (Å²) in [6.45, 7) is 3.94. The summed E-state index contributed by atoms with van der Waals surface area (Å²) in [7, 11) is -3.05. The van der Waals surface area contributed by atoms with E-state index in [1.54, 1.807) is 6.92 Å². The third-order valence-electron chi connectivity index (χ3n) is 3.02. The van der Waals surface area contributed by atoms with Crippen LogP contribution in [0.5, 0.6) is 0 Å². The minimum absolute atomic E-state index is 0.100. The lowest BCUT2D eigenvalue weighted by Gasteiger charge is -2.11. The van der Waals surface area contributed by atoms with Gasteiger partial charge in [0, 0.05) is 24.5 Å². The van der Waals surface area contributed by atoms with Crippen molar-refractivity contribution in [2.24, 2.45) is 0 Å². The average molecular weight is 272 g/mol. The monoisotopic (exact) mass is 272 g/mol. The highest BCUT2D eigenvalue weighted by atomic mass is 32.2. The molecule has 1 atom stereocenters. The molecule has 0 spiro atoms. The van der Waals surface area contributed by atoms with Gasteiger partial charge in [0.25, 0.3) is 5.56 Å². The number of nitrogens with zero attached hydrogens (tertiary/aromatic N) is 1. The fourth-order valence-electron chi connectivity index (χ4n) is 1.62. The number of hydrogen-bond donors (Lipinski definition) is 1. The molecule has 6 heteroatoms. The molecule has 0 aromatic carbocycles.